The average molecular weight is 234 g/mol. The van der Waals surface area contributed by atoms with Gasteiger partial charge in [-0.15, -0.1) is 0 Å². The van der Waals surface area contributed by atoms with Crippen molar-refractivity contribution < 1.29 is 0 Å². The molecular weight excluding hydrogens is 204 g/mol. The van der Waals surface area contributed by atoms with E-state index in [0.29, 0.717) is 5.41 Å². The maximum absolute atomic E-state index is 2.32. The van der Waals surface area contributed by atoms with Crippen molar-refractivity contribution in [3.05, 3.63) is 36.5 Å². The normalized spacial score (nSPS) is 13.4. The van der Waals surface area contributed by atoms with Gasteiger partial charge in [0.1, 0.15) is 0 Å². The van der Waals surface area contributed by atoms with Gasteiger partial charge >= 0.3 is 0 Å². The molecule has 0 heterocycles. The van der Waals surface area contributed by atoms with Crippen LogP contribution in [0, 0.1) is 5.41 Å². The van der Waals surface area contributed by atoms with Crippen molar-refractivity contribution in [1.29, 1.82) is 0 Å². The van der Waals surface area contributed by atoms with Crippen LogP contribution in [0.1, 0.15) is 66.2 Å². The zero-order valence-corrected chi connectivity index (χ0v) is 12.2. The standard InChI is InChI=1S/C17H30/c1-5-6-7-8-9-10-11-12-13-14-15-16-17(2,3)4/h6-7,9-10,12-13H,5,8,11,14-16H2,1-4H3/b7-6+,10-9+,13-12+. The average Bonchev–Trinajstić information content (AvgIpc) is 2.24. The molecule has 98 valence electrons. The van der Waals surface area contributed by atoms with Crippen molar-refractivity contribution in [3.63, 3.8) is 0 Å². The SMILES string of the molecule is CC/C=C/C/C=C/C/C=C/CCCC(C)(C)C. The van der Waals surface area contributed by atoms with E-state index in [9.17, 15) is 0 Å². The third kappa shape index (κ3) is 15.2. The molecule has 0 saturated carbocycles. The van der Waals surface area contributed by atoms with Crippen molar-refractivity contribution in [1.82, 2.24) is 0 Å². The molecule has 0 fully saturated rings. The molecule has 0 aliphatic carbocycles. The molecule has 0 spiro atoms. The smallest absolute Gasteiger partial charge is 0.0169 e. The van der Waals surface area contributed by atoms with Gasteiger partial charge in [0.25, 0.3) is 0 Å². The lowest BCUT2D eigenvalue weighted by Gasteiger charge is -2.16. The van der Waals surface area contributed by atoms with E-state index in [0.717, 1.165) is 19.3 Å². The molecule has 0 aromatic heterocycles. The van der Waals surface area contributed by atoms with Crippen LogP contribution < -0.4 is 0 Å². The first kappa shape index (κ1) is 16.2. The highest BCUT2D eigenvalue weighted by atomic mass is 14.1. The lowest BCUT2D eigenvalue weighted by Crippen LogP contribution is -2.03. The monoisotopic (exact) mass is 234 g/mol. The van der Waals surface area contributed by atoms with Crippen LogP contribution in [0.2, 0.25) is 0 Å². The zero-order chi connectivity index (χ0) is 13.0. The summed E-state index contributed by atoms with van der Waals surface area (Å²) in [5.74, 6) is 0. The summed E-state index contributed by atoms with van der Waals surface area (Å²) in [5.41, 5.74) is 0.485. The minimum Gasteiger partial charge on any atom is -0.0885 e. The summed E-state index contributed by atoms with van der Waals surface area (Å²) in [6.07, 6.45) is 20.7. The van der Waals surface area contributed by atoms with Gasteiger partial charge in [0, 0.05) is 0 Å². The molecule has 0 N–H and O–H groups in total. The van der Waals surface area contributed by atoms with Crippen molar-refractivity contribution in [2.45, 2.75) is 66.2 Å². The zero-order valence-electron chi connectivity index (χ0n) is 12.2. The Morgan fingerprint density at radius 3 is 1.82 bits per heavy atom. The van der Waals surface area contributed by atoms with Gasteiger partial charge in [-0.1, -0.05) is 64.2 Å². The first-order valence-corrected chi connectivity index (χ1v) is 7.01. The Kier molecular flexibility index (Phi) is 9.90. The fourth-order valence-corrected chi connectivity index (χ4v) is 1.58. The van der Waals surface area contributed by atoms with Crippen molar-refractivity contribution in [2.24, 2.45) is 5.41 Å². The van der Waals surface area contributed by atoms with Crippen LogP contribution >= 0.6 is 0 Å². The van der Waals surface area contributed by atoms with E-state index in [1.165, 1.54) is 19.3 Å². The largest absolute Gasteiger partial charge is 0.0885 e. The minimum atomic E-state index is 0.485. The van der Waals surface area contributed by atoms with Crippen LogP contribution in [0.25, 0.3) is 0 Å². The molecule has 0 amide bonds. The molecule has 0 aromatic rings. The van der Waals surface area contributed by atoms with Gasteiger partial charge in [0.15, 0.2) is 0 Å². The molecule has 0 aromatic carbocycles. The lowest BCUT2D eigenvalue weighted by molar-refractivity contribution is 0.367. The quantitative estimate of drug-likeness (QED) is 0.353. The fourth-order valence-electron chi connectivity index (χ4n) is 1.58. The van der Waals surface area contributed by atoms with Gasteiger partial charge in [-0.25, -0.2) is 0 Å². The predicted molar refractivity (Wildman–Crippen MR) is 80.3 cm³/mol. The highest BCUT2D eigenvalue weighted by Gasteiger charge is 2.07. The van der Waals surface area contributed by atoms with Gasteiger partial charge in [-0.3, -0.25) is 0 Å². The molecule has 17 heavy (non-hydrogen) atoms. The predicted octanol–water partition coefficient (Wildman–Crippen LogP) is 6.06. The summed E-state index contributed by atoms with van der Waals surface area (Å²) in [7, 11) is 0. The second kappa shape index (κ2) is 10.4. The fraction of sp³-hybridized carbons (Fsp3) is 0.647. The summed E-state index contributed by atoms with van der Waals surface area (Å²) >= 11 is 0. The highest BCUT2D eigenvalue weighted by molar-refractivity contribution is 4.96. The first-order chi connectivity index (χ1) is 8.06. The van der Waals surface area contributed by atoms with E-state index in [4.69, 9.17) is 0 Å². The second-order valence-electron chi connectivity index (χ2n) is 5.75. The van der Waals surface area contributed by atoms with E-state index in [2.05, 4.69) is 64.2 Å². The van der Waals surface area contributed by atoms with Gasteiger partial charge in [0.05, 0.1) is 0 Å². The Labute approximate surface area is 109 Å². The van der Waals surface area contributed by atoms with Crippen LogP contribution in [0.4, 0.5) is 0 Å². The number of allylic oxidation sites excluding steroid dienone is 6. The second-order valence-corrected chi connectivity index (χ2v) is 5.75. The van der Waals surface area contributed by atoms with Gasteiger partial charge in [0.2, 0.25) is 0 Å². The van der Waals surface area contributed by atoms with Crippen LogP contribution in [0.5, 0.6) is 0 Å². The van der Waals surface area contributed by atoms with Gasteiger partial charge < -0.3 is 0 Å². The Bertz CT molecular complexity index is 235. The molecule has 0 atom stereocenters. The topological polar surface area (TPSA) is 0 Å². The number of rotatable bonds is 8. The molecule has 0 rings (SSSR count). The maximum atomic E-state index is 2.32. The molecule has 0 nitrogen and oxygen atoms in total. The molecule has 0 bridgehead atoms. The van der Waals surface area contributed by atoms with E-state index in [1.54, 1.807) is 0 Å². The van der Waals surface area contributed by atoms with Gasteiger partial charge in [-0.05, 0) is 43.9 Å². The molecule has 0 aliphatic rings. The molecular formula is C17H30. The van der Waals surface area contributed by atoms with E-state index < -0.39 is 0 Å². The van der Waals surface area contributed by atoms with Gasteiger partial charge in [-0.2, -0.15) is 0 Å². The molecule has 0 saturated heterocycles. The third-order valence-electron chi connectivity index (χ3n) is 2.58. The van der Waals surface area contributed by atoms with E-state index in [-0.39, 0.29) is 0 Å². The molecule has 0 aliphatic heterocycles. The van der Waals surface area contributed by atoms with Crippen molar-refractivity contribution >= 4 is 0 Å². The van der Waals surface area contributed by atoms with Crippen LogP contribution in [0.15, 0.2) is 36.5 Å². The van der Waals surface area contributed by atoms with Crippen LogP contribution in [-0.2, 0) is 0 Å². The summed E-state index contributed by atoms with van der Waals surface area (Å²) in [4.78, 5) is 0. The Hall–Kier alpha value is -0.780. The van der Waals surface area contributed by atoms with Crippen LogP contribution in [-0.4, -0.2) is 0 Å². The first-order valence-electron chi connectivity index (χ1n) is 7.01. The Balaban J connectivity index is 3.39. The third-order valence-corrected chi connectivity index (χ3v) is 2.58. The lowest BCUT2D eigenvalue weighted by atomic mass is 9.90. The molecule has 0 unspecified atom stereocenters. The van der Waals surface area contributed by atoms with Crippen molar-refractivity contribution in [3.8, 4) is 0 Å². The Morgan fingerprint density at radius 1 is 0.765 bits per heavy atom. The number of hydrogen-bond acceptors (Lipinski definition) is 0. The Morgan fingerprint density at radius 2 is 1.29 bits per heavy atom. The van der Waals surface area contributed by atoms with Crippen molar-refractivity contribution in [2.75, 3.05) is 0 Å². The highest BCUT2D eigenvalue weighted by Crippen LogP contribution is 2.21. The van der Waals surface area contributed by atoms with E-state index in [1.807, 2.05) is 0 Å². The molecule has 0 radical (unpaired) electrons. The summed E-state index contributed by atoms with van der Waals surface area (Å²) in [6.45, 7) is 9.09. The minimum absolute atomic E-state index is 0.485. The summed E-state index contributed by atoms with van der Waals surface area (Å²) in [6, 6.07) is 0. The molecule has 0 heteroatoms. The van der Waals surface area contributed by atoms with E-state index >= 15 is 0 Å². The maximum Gasteiger partial charge on any atom is -0.0169 e. The number of unbranched alkanes of at least 4 members (excludes halogenated alkanes) is 1. The number of hydrogen-bond donors (Lipinski definition) is 0. The summed E-state index contributed by atoms with van der Waals surface area (Å²) in [5, 5.41) is 0. The van der Waals surface area contributed by atoms with Crippen LogP contribution in [0.3, 0.4) is 0 Å². The summed E-state index contributed by atoms with van der Waals surface area (Å²) < 4.78 is 0.